The van der Waals surface area contributed by atoms with Gasteiger partial charge in [0.25, 0.3) is 0 Å². The van der Waals surface area contributed by atoms with Crippen molar-refractivity contribution in [2.75, 3.05) is 33.7 Å². The van der Waals surface area contributed by atoms with Crippen LogP contribution in [0.5, 0.6) is 0 Å². The summed E-state index contributed by atoms with van der Waals surface area (Å²) in [6, 6.07) is -2.18. The topological polar surface area (TPSA) is 66.3 Å². The number of alkyl halides is 3. The van der Waals surface area contributed by atoms with Crippen LogP contribution in [0.2, 0.25) is 0 Å². The number of nitrogens with zero attached hydrogens (tertiary/aromatic N) is 5. The summed E-state index contributed by atoms with van der Waals surface area (Å²) in [5.74, 6) is 0. The molecule has 2 unspecified atom stereocenters. The van der Waals surface area contributed by atoms with E-state index in [4.69, 9.17) is 0 Å². The van der Waals surface area contributed by atoms with Crippen molar-refractivity contribution >= 4 is 6.03 Å². The van der Waals surface area contributed by atoms with E-state index in [2.05, 4.69) is 15.4 Å². The SMILES string of the molecule is CN(C)C1CCN(C(=O)NCC(n2cncn2)C(F)(F)F)C1. The average molecular weight is 320 g/mol. The second-order valence-corrected chi connectivity index (χ2v) is 5.47. The minimum absolute atomic E-state index is 0.236. The van der Waals surface area contributed by atoms with E-state index in [1.54, 1.807) is 0 Å². The molecule has 1 fully saturated rings. The maximum Gasteiger partial charge on any atom is 0.412 e. The second-order valence-electron chi connectivity index (χ2n) is 5.47. The van der Waals surface area contributed by atoms with E-state index in [0.717, 1.165) is 19.1 Å². The Labute approximate surface area is 126 Å². The molecule has 1 aliphatic rings. The second kappa shape index (κ2) is 6.51. The molecule has 2 rings (SSSR count). The Morgan fingerprint density at radius 1 is 1.50 bits per heavy atom. The van der Waals surface area contributed by atoms with Crippen LogP contribution < -0.4 is 5.32 Å². The lowest BCUT2D eigenvalue weighted by molar-refractivity contribution is -0.168. The van der Waals surface area contributed by atoms with Gasteiger partial charge < -0.3 is 15.1 Å². The quantitative estimate of drug-likeness (QED) is 0.888. The Hall–Kier alpha value is -1.84. The number of rotatable bonds is 4. The number of likely N-dealkylation sites (tertiary alicyclic amines) is 1. The standard InChI is InChI=1S/C12H19F3N6O/c1-19(2)9-3-4-20(6-9)11(22)17-5-10(12(13,14)15)21-8-16-7-18-21/h7-10H,3-6H2,1-2H3,(H,17,22). The zero-order valence-corrected chi connectivity index (χ0v) is 12.4. The largest absolute Gasteiger partial charge is 0.412 e. The van der Waals surface area contributed by atoms with Crippen LogP contribution in [0.3, 0.4) is 0 Å². The molecule has 1 aromatic heterocycles. The van der Waals surface area contributed by atoms with Gasteiger partial charge in [0.15, 0.2) is 6.04 Å². The van der Waals surface area contributed by atoms with Gasteiger partial charge in [-0.1, -0.05) is 0 Å². The fraction of sp³-hybridized carbons (Fsp3) is 0.750. The van der Waals surface area contributed by atoms with Gasteiger partial charge in [0, 0.05) is 19.1 Å². The van der Waals surface area contributed by atoms with Crippen LogP contribution in [0, 0.1) is 0 Å². The summed E-state index contributed by atoms with van der Waals surface area (Å²) in [5, 5.41) is 5.85. The first kappa shape index (κ1) is 16.5. The molecular formula is C12H19F3N6O. The van der Waals surface area contributed by atoms with Gasteiger partial charge in [0.05, 0.1) is 6.54 Å². The van der Waals surface area contributed by atoms with Gasteiger partial charge in [-0.2, -0.15) is 18.3 Å². The Bertz CT molecular complexity index is 490. The van der Waals surface area contributed by atoms with E-state index in [-0.39, 0.29) is 6.04 Å². The van der Waals surface area contributed by atoms with Gasteiger partial charge in [-0.15, -0.1) is 0 Å². The van der Waals surface area contributed by atoms with E-state index in [0.29, 0.717) is 17.8 Å². The Morgan fingerprint density at radius 3 is 2.73 bits per heavy atom. The maximum atomic E-state index is 13.0. The molecular weight excluding hydrogens is 301 g/mol. The van der Waals surface area contributed by atoms with Crippen LogP contribution in [-0.2, 0) is 0 Å². The van der Waals surface area contributed by atoms with Crippen LogP contribution in [0.25, 0.3) is 0 Å². The lowest BCUT2D eigenvalue weighted by Crippen LogP contribution is -2.45. The van der Waals surface area contributed by atoms with E-state index < -0.39 is 24.8 Å². The summed E-state index contributed by atoms with van der Waals surface area (Å²) in [5.41, 5.74) is 0. The van der Waals surface area contributed by atoms with Crippen molar-refractivity contribution < 1.29 is 18.0 Å². The first-order valence-corrected chi connectivity index (χ1v) is 6.89. The van der Waals surface area contributed by atoms with E-state index >= 15 is 0 Å². The number of likely N-dealkylation sites (N-methyl/N-ethyl adjacent to an activating group) is 1. The fourth-order valence-corrected chi connectivity index (χ4v) is 2.38. The summed E-state index contributed by atoms with van der Waals surface area (Å²) < 4.78 is 39.8. The lowest BCUT2D eigenvalue weighted by Gasteiger charge is -2.24. The zero-order chi connectivity index (χ0) is 16.3. The molecule has 0 aliphatic carbocycles. The molecule has 2 atom stereocenters. The van der Waals surface area contributed by atoms with Gasteiger partial charge in [-0.3, -0.25) is 0 Å². The highest BCUT2D eigenvalue weighted by Gasteiger charge is 2.42. The van der Waals surface area contributed by atoms with Gasteiger partial charge in [-0.25, -0.2) is 14.5 Å². The predicted octanol–water partition coefficient (Wildman–Crippen LogP) is 0.727. The van der Waals surface area contributed by atoms with Crippen molar-refractivity contribution in [3.05, 3.63) is 12.7 Å². The molecule has 2 heterocycles. The van der Waals surface area contributed by atoms with Crippen molar-refractivity contribution in [3.8, 4) is 0 Å². The molecule has 0 aromatic carbocycles. The van der Waals surface area contributed by atoms with Crippen molar-refractivity contribution in [1.29, 1.82) is 0 Å². The lowest BCUT2D eigenvalue weighted by atomic mass is 10.2. The molecule has 0 radical (unpaired) electrons. The van der Waals surface area contributed by atoms with Crippen molar-refractivity contribution in [2.24, 2.45) is 0 Å². The number of aromatic nitrogens is 3. The number of carbonyl (C=O) groups excluding carboxylic acids is 1. The highest BCUT2D eigenvalue weighted by Crippen LogP contribution is 2.29. The number of hydrogen-bond donors (Lipinski definition) is 1. The van der Waals surface area contributed by atoms with E-state index in [1.807, 2.05) is 19.0 Å². The van der Waals surface area contributed by atoms with Crippen molar-refractivity contribution in [2.45, 2.75) is 24.7 Å². The minimum Gasteiger partial charge on any atom is -0.335 e. The number of amides is 2. The van der Waals surface area contributed by atoms with Crippen LogP contribution in [0.1, 0.15) is 12.5 Å². The molecule has 0 bridgehead atoms. The first-order valence-electron chi connectivity index (χ1n) is 6.89. The van der Waals surface area contributed by atoms with Crippen LogP contribution in [0.4, 0.5) is 18.0 Å². The number of nitrogens with one attached hydrogen (secondary N) is 1. The Kier molecular flexibility index (Phi) is 4.89. The summed E-state index contributed by atoms with van der Waals surface area (Å²) in [6.07, 6.45) is -1.69. The number of carbonyl (C=O) groups is 1. The zero-order valence-electron chi connectivity index (χ0n) is 12.4. The number of halogens is 3. The smallest absolute Gasteiger partial charge is 0.335 e. The van der Waals surface area contributed by atoms with Crippen LogP contribution in [-0.4, -0.2) is 76.5 Å². The molecule has 22 heavy (non-hydrogen) atoms. The summed E-state index contributed by atoms with van der Waals surface area (Å²) in [7, 11) is 3.83. The number of urea groups is 1. The first-order chi connectivity index (χ1) is 10.3. The van der Waals surface area contributed by atoms with Crippen LogP contribution in [0.15, 0.2) is 12.7 Å². The molecule has 124 valence electrons. The third-order valence-electron chi connectivity index (χ3n) is 3.76. The minimum atomic E-state index is -4.52. The monoisotopic (exact) mass is 320 g/mol. The number of hydrogen-bond acceptors (Lipinski definition) is 4. The molecule has 7 nitrogen and oxygen atoms in total. The molecule has 1 N–H and O–H groups in total. The third-order valence-corrected chi connectivity index (χ3v) is 3.76. The van der Waals surface area contributed by atoms with Gasteiger partial charge in [-0.05, 0) is 20.5 Å². The van der Waals surface area contributed by atoms with E-state index in [1.165, 1.54) is 4.90 Å². The Balaban J connectivity index is 1.92. The van der Waals surface area contributed by atoms with Crippen molar-refractivity contribution in [3.63, 3.8) is 0 Å². The molecule has 0 spiro atoms. The predicted molar refractivity (Wildman–Crippen MR) is 72.2 cm³/mol. The normalized spacial score (nSPS) is 20.5. The van der Waals surface area contributed by atoms with Gasteiger partial charge >= 0.3 is 12.2 Å². The maximum absolute atomic E-state index is 13.0. The molecule has 2 amide bonds. The fourth-order valence-electron chi connectivity index (χ4n) is 2.38. The highest BCUT2D eigenvalue weighted by atomic mass is 19.4. The summed E-state index contributed by atoms with van der Waals surface area (Å²) >= 11 is 0. The van der Waals surface area contributed by atoms with Gasteiger partial charge in [0.2, 0.25) is 0 Å². The van der Waals surface area contributed by atoms with E-state index in [9.17, 15) is 18.0 Å². The van der Waals surface area contributed by atoms with Gasteiger partial charge in [0.1, 0.15) is 12.7 Å². The molecule has 1 aromatic rings. The third kappa shape index (κ3) is 3.87. The molecule has 10 heteroatoms. The van der Waals surface area contributed by atoms with Crippen LogP contribution >= 0.6 is 0 Å². The molecule has 1 aliphatic heterocycles. The summed E-state index contributed by atoms with van der Waals surface area (Å²) in [4.78, 5) is 19.0. The molecule has 1 saturated heterocycles. The average Bonchev–Trinajstić information content (AvgIpc) is 3.08. The molecule has 0 saturated carbocycles. The Morgan fingerprint density at radius 2 is 2.23 bits per heavy atom. The summed E-state index contributed by atoms with van der Waals surface area (Å²) in [6.45, 7) is 0.475. The highest BCUT2D eigenvalue weighted by molar-refractivity contribution is 5.74. The van der Waals surface area contributed by atoms with Crippen molar-refractivity contribution in [1.82, 2.24) is 29.9 Å².